The number of nitrogens with one attached hydrogen (secondary N) is 1. The first-order valence-electron chi connectivity index (χ1n) is 9.84. The van der Waals surface area contributed by atoms with Crippen LogP contribution in [0.5, 0.6) is 5.88 Å². The van der Waals surface area contributed by atoms with Gasteiger partial charge in [0.2, 0.25) is 5.88 Å². The van der Waals surface area contributed by atoms with Gasteiger partial charge in [0.1, 0.15) is 35.3 Å². The molecule has 8 heteroatoms. The van der Waals surface area contributed by atoms with Crippen molar-refractivity contribution in [2.24, 2.45) is 0 Å². The summed E-state index contributed by atoms with van der Waals surface area (Å²) in [6.45, 7) is 2.81. The van der Waals surface area contributed by atoms with Crippen molar-refractivity contribution >= 4 is 39.1 Å². The Labute approximate surface area is 176 Å². The van der Waals surface area contributed by atoms with Gasteiger partial charge in [0.25, 0.3) is 0 Å². The third-order valence-electron chi connectivity index (χ3n) is 5.81. The van der Waals surface area contributed by atoms with Gasteiger partial charge < -0.3 is 15.0 Å². The molecule has 0 amide bonds. The summed E-state index contributed by atoms with van der Waals surface area (Å²) in [7, 11) is 0. The minimum atomic E-state index is -0.498. The highest BCUT2D eigenvalue weighted by Gasteiger charge is 2.32. The average molecular weight is 422 g/mol. The number of rotatable bonds is 1. The van der Waals surface area contributed by atoms with Crippen LogP contribution in [0.2, 0.25) is 5.02 Å². The molecule has 0 aliphatic carbocycles. The van der Waals surface area contributed by atoms with E-state index in [2.05, 4.69) is 25.2 Å². The smallest absolute Gasteiger partial charge is 0.227 e. The molecule has 2 aromatic carbocycles. The number of benzene rings is 2. The van der Waals surface area contributed by atoms with Crippen molar-refractivity contribution in [3.8, 4) is 17.1 Å². The Morgan fingerprint density at radius 3 is 2.90 bits per heavy atom. The third-order valence-corrected chi connectivity index (χ3v) is 6.13. The van der Waals surface area contributed by atoms with E-state index in [1.54, 1.807) is 6.07 Å². The van der Waals surface area contributed by atoms with Crippen molar-refractivity contribution in [2.45, 2.75) is 6.04 Å². The number of pyridine rings is 1. The summed E-state index contributed by atoms with van der Waals surface area (Å²) in [5, 5.41) is 6.11. The zero-order valence-electron chi connectivity index (χ0n) is 15.9. The van der Waals surface area contributed by atoms with E-state index < -0.39 is 5.82 Å². The maximum atomic E-state index is 15.8. The Balaban J connectivity index is 1.65. The van der Waals surface area contributed by atoms with Crippen LogP contribution in [-0.4, -0.2) is 47.2 Å². The first-order valence-corrected chi connectivity index (χ1v) is 10.2. The molecule has 4 heterocycles. The van der Waals surface area contributed by atoms with Crippen molar-refractivity contribution < 1.29 is 9.13 Å². The molecule has 1 saturated heterocycles. The van der Waals surface area contributed by atoms with Gasteiger partial charge in [0.15, 0.2) is 5.82 Å². The van der Waals surface area contributed by atoms with E-state index in [1.165, 1.54) is 6.33 Å². The summed E-state index contributed by atoms with van der Waals surface area (Å²) in [5.74, 6) is 0.533. The van der Waals surface area contributed by atoms with Crippen LogP contribution in [0.3, 0.4) is 0 Å². The van der Waals surface area contributed by atoms with E-state index in [-0.39, 0.29) is 17.3 Å². The number of ether oxygens (including phenoxy) is 1. The number of halogens is 2. The van der Waals surface area contributed by atoms with E-state index in [1.807, 2.05) is 30.3 Å². The van der Waals surface area contributed by atoms with E-state index in [0.717, 1.165) is 30.4 Å². The largest absolute Gasteiger partial charge is 0.475 e. The normalized spacial score (nSPS) is 18.2. The van der Waals surface area contributed by atoms with Crippen molar-refractivity contribution in [1.29, 1.82) is 0 Å². The number of aromatic nitrogens is 3. The van der Waals surface area contributed by atoms with Gasteiger partial charge in [-0.05, 0) is 11.5 Å². The van der Waals surface area contributed by atoms with Crippen LogP contribution >= 0.6 is 11.6 Å². The topological polar surface area (TPSA) is 63.2 Å². The maximum Gasteiger partial charge on any atom is 0.227 e. The van der Waals surface area contributed by atoms with E-state index in [4.69, 9.17) is 16.3 Å². The van der Waals surface area contributed by atoms with E-state index in [0.29, 0.717) is 34.3 Å². The SMILES string of the molecule is Fc1c(-c2cccc3cccc(Cl)c23)nc2c3c(ncnc13)N1CCNC[C@H]1CO2. The maximum absolute atomic E-state index is 15.8. The highest BCUT2D eigenvalue weighted by Crippen LogP contribution is 2.41. The molecule has 0 unspecified atom stereocenters. The molecule has 6 nitrogen and oxygen atoms in total. The standard InChI is InChI=1S/C22H17ClFN5O/c23-15-6-2-4-12-3-1-5-14(16(12)15)19-18(24)20-17-21(27-11-26-20)29-8-7-25-9-13(29)10-30-22(17)28-19/h1-6,11,13,25H,7-10H2/t13-/m0/s1. The minimum Gasteiger partial charge on any atom is -0.475 e. The lowest BCUT2D eigenvalue weighted by molar-refractivity contribution is 0.266. The summed E-state index contributed by atoms with van der Waals surface area (Å²) in [4.78, 5) is 15.5. The second kappa shape index (κ2) is 6.75. The fourth-order valence-corrected chi connectivity index (χ4v) is 4.70. The van der Waals surface area contributed by atoms with Gasteiger partial charge in [0.05, 0.1) is 6.04 Å². The van der Waals surface area contributed by atoms with Crippen LogP contribution < -0.4 is 15.0 Å². The molecule has 4 aromatic rings. The molecule has 0 radical (unpaired) electrons. The summed E-state index contributed by atoms with van der Waals surface area (Å²) in [6, 6.07) is 11.4. The predicted octanol–water partition coefficient (Wildman–Crippen LogP) is 3.81. The highest BCUT2D eigenvalue weighted by atomic mass is 35.5. The Hall–Kier alpha value is -3.03. The van der Waals surface area contributed by atoms with Gasteiger partial charge in [-0.15, -0.1) is 0 Å². The predicted molar refractivity (Wildman–Crippen MR) is 115 cm³/mol. The summed E-state index contributed by atoms with van der Waals surface area (Å²) < 4.78 is 21.9. The van der Waals surface area contributed by atoms with Crippen molar-refractivity contribution in [2.75, 3.05) is 31.1 Å². The van der Waals surface area contributed by atoms with Gasteiger partial charge >= 0.3 is 0 Å². The van der Waals surface area contributed by atoms with Crippen LogP contribution in [0.4, 0.5) is 10.2 Å². The zero-order valence-corrected chi connectivity index (χ0v) is 16.7. The zero-order chi connectivity index (χ0) is 20.2. The fourth-order valence-electron chi connectivity index (χ4n) is 4.42. The van der Waals surface area contributed by atoms with Gasteiger partial charge in [-0.3, -0.25) is 0 Å². The second-order valence-corrected chi connectivity index (χ2v) is 7.91. The molecule has 0 bridgehead atoms. The molecular weight excluding hydrogens is 405 g/mol. The van der Waals surface area contributed by atoms with Crippen LogP contribution in [-0.2, 0) is 0 Å². The number of fused-ring (bicyclic) bond motifs is 3. The van der Waals surface area contributed by atoms with Crippen LogP contribution in [0.25, 0.3) is 32.9 Å². The monoisotopic (exact) mass is 421 g/mol. The minimum absolute atomic E-state index is 0.101. The molecule has 1 atom stereocenters. The first kappa shape index (κ1) is 17.8. The lowest BCUT2D eigenvalue weighted by Gasteiger charge is -2.35. The number of nitrogens with zero attached hydrogens (tertiary/aromatic N) is 4. The van der Waals surface area contributed by atoms with Crippen molar-refractivity contribution in [1.82, 2.24) is 20.3 Å². The number of hydrogen-bond acceptors (Lipinski definition) is 6. The second-order valence-electron chi connectivity index (χ2n) is 7.51. The van der Waals surface area contributed by atoms with Crippen LogP contribution in [0.15, 0.2) is 42.7 Å². The molecule has 150 valence electrons. The summed E-state index contributed by atoms with van der Waals surface area (Å²) in [5.41, 5.74) is 1.00. The quantitative estimate of drug-likeness (QED) is 0.504. The van der Waals surface area contributed by atoms with Gasteiger partial charge in [-0.2, -0.15) is 0 Å². The van der Waals surface area contributed by atoms with Crippen molar-refractivity contribution in [3.05, 3.63) is 53.6 Å². The lowest BCUT2D eigenvalue weighted by atomic mass is 10.0. The molecule has 1 fully saturated rings. The van der Waals surface area contributed by atoms with Gasteiger partial charge in [-0.1, -0.05) is 41.9 Å². The molecule has 1 N–H and O–H groups in total. The van der Waals surface area contributed by atoms with Crippen molar-refractivity contribution in [3.63, 3.8) is 0 Å². The number of hydrogen-bond donors (Lipinski definition) is 1. The molecule has 2 aliphatic rings. The molecule has 0 spiro atoms. The molecule has 0 saturated carbocycles. The first-order chi connectivity index (χ1) is 14.7. The van der Waals surface area contributed by atoms with E-state index in [9.17, 15) is 0 Å². The molecule has 2 aromatic heterocycles. The Morgan fingerprint density at radius 2 is 2.00 bits per heavy atom. The Kier molecular flexibility index (Phi) is 4.01. The molecular formula is C22H17ClFN5O. The fraction of sp³-hybridized carbons (Fsp3) is 0.227. The van der Waals surface area contributed by atoms with Gasteiger partial charge in [0, 0.05) is 35.6 Å². The summed E-state index contributed by atoms with van der Waals surface area (Å²) in [6.07, 6.45) is 1.41. The van der Waals surface area contributed by atoms with Gasteiger partial charge in [-0.25, -0.2) is 19.3 Å². The van der Waals surface area contributed by atoms with Crippen LogP contribution in [0, 0.1) is 5.82 Å². The number of piperazine rings is 1. The Bertz CT molecular complexity index is 1310. The molecule has 6 rings (SSSR count). The molecule has 30 heavy (non-hydrogen) atoms. The Morgan fingerprint density at radius 1 is 1.13 bits per heavy atom. The third kappa shape index (κ3) is 2.55. The molecule has 2 aliphatic heterocycles. The lowest BCUT2D eigenvalue weighted by Crippen LogP contribution is -2.53. The summed E-state index contributed by atoms with van der Waals surface area (Å²) >= 11 is 6.48. The van der Waals surface area contributed by atoms with E-state index >= 15 is 4.39 Å². The van der Waals surface area contributed by atoms with Crippen LogP contribution in [0.1, 0.15) is 0 Å². The number of anilines is 1. The highest BCUT2D eigenvalue weighted by molar-refractivity contribution is 6.36. The average Bonchev–Trinajstić information content (AvgIpc) is 2.94.